The van der Waals surface area contributed by atoms with Crippen molar-refractivity contribution in [3.63, 3.8) is 0 Å². The Morgan fingerprint density at radius 2 is 1.41 bits per heavy atom. The molecule has 10 nitrogen and oxygen atoms in total. The zero-order valence-electron chi connectivity index (χ0n) is 24.6. The van der Waals surface area contributed by atoms with Crippen molar-refractivity contribution < 1.29 is 47.6 Å². The van der Waals surface area contributed by atoms with Crippen molar-refractivity contribution in [2.24, 2.45) is 5.92 Å². The first-order valence-corrected chi connectivity index (χ1v) is 13.5. The summed E-state index contributed by atoms with van der Waals surface area (Å²) in [7, 11) is 4.32. The van der Waals surface area contributed by atoms with Gasteiger partial charge in [-0.15, -0.1) is 0 Å². The minimum Gasteiger partial charge on any atom is -0.469 e. The Labute approximate surface area is 233 Å². The maximum atomic E-state index is 12.1. The minimum absolute atomic E-state index is 0.197. The van der Waals surface area contributed by atoms with Gasteiger partial charge in [0.1, 0.15) is 18.3 Å². The van der Waals surface area contributed by atoms with Crippen LogP contribution < -0.4 is 0 Å². The van der Waals surface area contributed by atoms with E-state index in [0.717, 1.165) is 19.3 Å². The number of ether oxygens (including phenoxy) is 6. The van der Waals surface area contributed by atoms with Crippen LogP contribution in [0.25, 0.3) is 0 Å². The van der Waals surface area contributed by atoms with Crippen LogP contribution in [0.4, 0.5) is 0 Å². The molecule has 0 aromatic rings. The lowest BCUT2D eigenvalue weighted by molar-refractivity contribution is -0.169. The highest BCUT2D eigenvalue weighted by Crippen LogP contribution is 2.27. The zero-order valence-corrected chi connectivity index (χ0v) is 24.6. The van der Waals surface area contributed by atoms with Crippen molar-refractivity contribution in [3.05, 3.63) is 24.3 Å². The number of hydrogen-bond donors (Lipinski definition) is 0. The molecule has 0 amide bonds. The molecule has 0 bridgehead atoms. The summed E-state index contributed by atoms with van der Waals surface area (Å²) in [4.78, 5) is 47.2. The zero-order chi connectivity index (χ0) is 29.6. The molecule has 0 spiro atoms. The van der Waals surface area contributed by atoms with Crippen molar-refractivity contribution in [2.45, 2.75) is 110 Å². The van der Waals surface area contributed by atoms with E-state index in [4.69, 9.17) is 23.7 Å². The second-order valence-electron chi connectivity index (χ2n) is 9.23. The van der Waals surface area contributed by atoms with Gasteiger partial charge in [-0.3, -0.25) is 19.2 Å². The Morgan fingerprint density at radius 3 is 1.95 bits per heavy atom. The predicted octanol–water partition coefficient (Wildman–Crippen LogP) is 4.83. The monoisotopic (exact) mass is 556 g/mol. The number of methoxy groups -OCH3 is 3. The molecular formula is C29H48O10. The molecule has 0 rings (SSSR count). The SMILES string of the molecule is CCCCC[C@@H](/C=C/[C@@H](OC(C)=O)[C@@H](C/C=C\CCCC(=O)OC)[C@H](CC(OC)OC)OC(C)=O)OC(C)=O. The lowest BCUT2D eigenvalue weighted by Gasteiger charge is -2.32. The van der Waals surface area contributed by atoms with Gasteiger partial charge in [-0.1, -0.05) is 31.9 Å². The Bertz CT molecular complexity index is 772. The highest BCUT2D eigenvalue weighted by atomic mass is 16.7. The Hall–Kier alpha value is -2.72. The van der Waals surface area contributed by atoms with Crippen molar-refractivity contribution >= 4 is 23.9 Å². The van der Waals surface area contributed by atoms with Crippen LogP contribution in [0.1, 0.15) is 85.5 Å². The van der Waals surface area contributed by atoms with E-state index >= 15 is 0 Å². The van der Waals surface area contributed by atoms with Gasteiger partial charge < -0.3 is 28.4 Å². The van der Waals surface area contributed by atoms with Crippen LogP contribution in [0.15, 0.2) is 24.3 Å². The van der Waals surface area contributed by atoms with Gasteiger partial charge in [0.2, 0.25) is 0 Å². The molecule has 0 aliphatic rings. The van der Waals surface area contributed by atoms with E-state index in [1.807, 2.05) is 12.2 Å². The molecule has 0 N–H and O–H groups in total. The fourth-order valence-electron chi connectivity index (χ4n) is 4.03. The molecule has 0 saturated carbocycles. The van der Waals surface area contributed by atoms with Crippen LogP contribution >= 0.6 is 0 Å². The molecular weight excluding hydrogens is 508 g/mol. The summed E-state index contributed by atoms with van der Waals surface area (Å²) in [5, 5.41) is 0. The molecule has 10 heteroatoms. The molecule has 39 heavy (non-hydrogen) atoms. The molecule has 0 unspecified atom stereocenters. The summed E-state index contributed by atoms with van der Waals surface area (Å²) < 4.78 is 32.2. The molecule has 0 aliphatic heterocycles. The first-order chi connectivity index (χ1) is 18.6. The summed E-state index contributed by atoms with van der Waals surface area (Å²) in [6, 6.07) is 0. The number of rotatable bonds is 21. The first-order valence-electron chi connectivity index (χ1n) is 13.5. The van der Waals surface area contributed by atoms with Crippen molar-refractivity contribution in [1.82, 2.24) is 0 Å². The fourth-order valence-corrected chi connectivity index (χ4v) is 4.03. The lowest BCUT2D eigenvalue weighted by Crippen LogP contribution is -2.39. The molecule has 0 radical (unpaired) electrons. The molecule has 0 heterocycles. The molecule has 4 atom stereocenters. The molecule has 0 aromatic heterocycles. The Balaban J connectivity index is 6.14. The second kappa shape index (κ2) is 22.1. The van der Waals surface area contributed by atoms with Crippen molar-refractivity contribution in [1.29, 1.82) is 0 Å². The summed E-state index contributed by atoms with van der Waals surface area (Å²) in [6.07, 6.45) is 10.2. The summed E-state index contributed by atoms with van der Waals surface area (Å²) in [6.45, 7) is 6.05. The molecule has 0 fully saturated rings. The average molecular weight is 557 g/mol. The summed E-state index contributed by atoms with van der Waals surface area (Å²) in [5.41, 5.74) is 0. The van der Waals surface area contributed by atoms with Crippen molar-refractivity contribution in [3.8, 4) is 0 Å². The van der Waals surface area contributed by atoms with Crippen LogP contribution in [0.5, 0.6) is 0 Å². The van der Waals surface area contributed by atoms with Gasteiger partial charge in [-0.05, 0) is 44.3 Å². The largest absolute Gasteiger partial charge is 0.469 e. The molecule has 0 saturated heterocycles. The Morgan fingerprint density at radius 1 is 0.769 bits per heavy atom. The summed E-state index contributed by atoms with van der Waals surface area (Å²) in [5.74, 6) is -2.20. The third-order valence-corrected chi connectivity index (χ3v) is 5.95. The van der Waals surface area contributed by atoms with Crippen LogP contribution in [-0.4, -0.2) is 69.8 Å². The topological polar surface area (TPSA) is 124 Å². The first kappa shape index (κ1) is 36.3. The highest BCUT2D eigenvalue weighted by molar-refractivity contribution is 5.69. The fraction of sp³-hybridized carbons (Fsp3) is 0.724. The lowest BCUT2D eigenvalue weighted by atomic mass is 9.88. The maximum Gasteiger partial charge on any atom is 0.305 e. The third kappa shape index (κ3) is 18.2. The smallest absolute Gasteiger partial charge is 0.305 e. The van der Waals surface area contributed by atoms with Gasteiger partial charge in [-0.2, -0.15) is 0 Å². The van der Waals surface area contributed by atoms with Crippen LogP contribution in [0, 0.1) is 5.92 Å². The van der Waals surface area contributed by atoms with Gasteiger partial charge >= 0.3 is 23.9 Å². The van der Waals surface area contributed by atoms with E-state index in [1.54, 1.807) is 12.2 Å². The standard InChI is InChI=1S/C29H48O10/c1-8-9-12-15-24(37-21(2)30)18-19-26(38-22(3)31)25(16-13-10-11-14-17-28(33)34-5)27(39-23(4)32)20-29(35-6)36-7/h10,13,18-19,24-27,29H,8-9,11-12,14-17,20H2,1-7H3/b13-10-,19-18+/t24-,25+,26+,27-/m0/s1. The number of esters is 4. The minimum atomic E-state index is -0.801. The Kier molecular flexibility index (Phi) is 20.6. The van der Waals surface area contributed by atoms with E-state index in [9.17, 15) is 19.2 Å². The normalized spacial score (nSPS) is 14.7. The van der Waals surface area contributed by atoms with Crippen LogP contribution in [0.2, 0.25) is 0 Å². The number of carbonyl (C=O) groups is 4. The quantitative estimate of drug-likeness (QED) is 0.0638. The predicted molar refractivity (Wildman–Crippen MR) is 145 cm³/mol. The summed E-state index contributed by atoms with van der Waals surface area (Å²) >= 11 is 0. The van der Waals surface area contributed by atoms with Gasteiger partial charge in [0.15, 0.2) is 6.29 Å². The van der Waals surface area contributed by atoms with E-state index in [0.29, 0.717) is 32.1 Å². The number of allylic oxidation sites excluding steroid dienone is 2. The van der Waals surface area contributed by atoms with Gasteiger partial charge in [0.05, 0.1) is 7.11 Å². The van der Waals surface area contributed by atoms with Crippen LogP contribution in [-0.2, 0) is 47.6 Å². The highest BCUT2D eigenvalue weighted by Gasteiger charge is 2.34. The van der Waals surface area contributed by atoms with Gasteiger partial charge in [0, 0.05) is 53.8 Å². The van der Waals surface area contributed by atoms with Gasteiger partial charge in [0.25, 0.3) is 0 Å². The van der Waals surface area contributed by atoms with E-state index in [2.05, 4.69) is 11.7 Å². The molecule has 224 valence electrons. The molecule has 0 aromatic carbocycles. The second-order valence-corrected chi connectivity index (χ2v) is 9.23. The van der Waals surface area contributed by atoms with Crippen LogP contribution in [0.3, 0.4) is 0 Å². The number of carbonyl (C=O) groups excluding carboxylic acids is 4. The third-order valence-electron chi connectivity index (χ3n) is 5.95. The van der Waals surface area contributed by atoms with E-state index in [1.165, 1.54) is 42.1 Å². The van der Waals surface area contributed by atoms with Gasteiger partial charge in [-0.25, -0.2) is 0 Å². The molecule has 0 aliphatic carbocycles. The number of hydrogen-bond acceptors (Lipinski definition) is 10. The van der Waals surface area contributed by atoms with Crippen molar-refractivity contribution in [2.75, 3.05) is 21.3 Å². The average Bonchev–Trinajstić information content (AvgIpc) is 2.87. The maximum absolute atomic E-state index is 12.1. The van der Waals surface area contributed by atoms with E-state index in [-0.39, 0.29) is 12.4 Å². The van der Waals surface area contributed by atoms with E-state index < -0.39 is 48.4 Å². The number of unbranched alkanes of at least 4 members (excludes halogenated alkanes) is 3.